The molecule has 0 spiro atoms. The minimum atomic E-state index is -0.258. The van der Waals surface area contributed by atoms with Crippen LogP contribution in [0, 0.1) is 17.8 Å². The Bertz CT molecular complexity index is 1370. The fraction of sp³-hybridized carbons (Fsp3) is 0.444. The van der Waals surface area contributed by atoms with Crippen molar-refractivity contribution in [2.24, 2.45) is 17.8 Å². The van der Waals surface area contributed by atoms with Gasteiger partial charge >= 0.3 is 0 Å². The number of H-pyrrole nitrogens is 1. The average Bonchev–Trinajstić information content (AvgIpc) is 3.68. The molecular weight excluding hydrogens is 508 g/mol. The number of rotatable bonds is 8. The number of amides is 1. The SMILES string of the molecule is COc1cc(N2CCOCC2)ccc1-c1nc2ncc(Cl)c(N[C@H]3[C@@H](C(=O)NCCO)[C@@H]4C=C[C@H]3C4)c2[nH]1. The Hall–Kier alpha value is -3.34. The first-order valence-corrected chi connectivity index (χ1v) is 13.3. The Balaban J connectivity index is 1.32. The van der Waals surface area contributed by atoms with Crippen molar-refractivity contribution < 1.29 is 19.4 Å². The summed E-state index contributed by atoms with van der Waals surface area (Å²) in [6, 6.07) is 5.94. The maximum Gasteiger partial charge on any atom is 0.225 e. The quantitative estimate of drug-likeness (QED) is 0.323. The first kappa shape index (κ1) is 25.0. The molecule has 4 N–H and O–H groups in total. The number of carbonyl (C=O) groups excluding carboxylic acids is 1. The Labute approximate surface area is 225 Å². The van der Waals surface area contributed by atoms with Crippen molar-refractivity contribution in [2.45, 2.75) is 12.5 Å². The summed E-state index contributed by atoms with van der Waals surface area (Å²) in [5, 5.41) is 16.0. The predicted octanol–water partition coefficient (Wildman–Crippen LogP) is 2.83. The van der Waals surface area contributed by atoms with Gasteiger partial charge in [0.15, 0.2) is 5.65 Å². The Morgan fingerprint density at radius 1 is 1.29 bits per heavy atom. The summed E-state index contributed by atoms with van der Waals surface area (Å²) >= 11 is 6.65. The van der Waals surface area contributed by atoms with Gasteiger partial charge in [-0.2, -0.15) is 0 Å². The summed E-state index contributed by atoms with van der Waals surface area (Å²) in [5.41, 5.74) is 3.75. The number of nitrogens with zero attached hydrogens (tertiary/aromatic N) is 3. The number of halogens is 1. The van der Waals surface area contributed by atoms with Crippen LogP contribution in [0.5, 0.6) is 5.75 Å². The number of anilines is 2. The highest BCUT2D eigenvalue weighted by molar-refractivity contribution is 6.34. The molecule has 10 nitrogen and oxygen atoms in total. The van der Waals surface area contributed by atoms with Crippen molar-refractivity contribution >= 4 is 40.0 Å². The van der Waals surface area contributed by atoms with Crippen LogP contribution in [0.15, 0.2) is 36.5 Å². The maximum atomic E-state index is 13.0. The predicted molar refractivity (Wildman–Crippen MR) is 146 cm³/mol. The van der Waals surface area contributed by atoms with Gasteiger partial charge in [-0.1, -0.05) is 23.8 Å². The highest BCUT2D eigenvalue weighted by atomic mass is 35.5. The van der Waals surface area contributed by atoms with Gasteiger partial charge in [0.2, 0.25) is 5.91 Å². The molecule has 1 amide bonds. The highest BCUT2D eigenvalue weighted by Crippen LogP contribution is 2.46. The molecule has 0 radical (unpaired) electrons. The van der Waals surface area contributed by atoms with E-state index in [9.17, 15) is 4.79 Å². The van der Waals surface area contributed by atoms with Gasteiger partial charge in [-0.15, -0.1) is 0 Å². The minimum absolute atomic E-state index is 0.0646. The number of pyridine rings is 1. The van der Waals surface area contributed by atoms with Crippen molar-refractivity contribution in [3.8, 4) is 17.1 Å². The number of aromatic amines is 1. The third kappa shape index (κ3) is 4.46. The number of aromatic nitrogens is 3. The third-order valence-corrected chi connectivity index (χ3v) is 8.06. The molecule has 1 aromatic carbocycles. The number of allylic oxidation sites excluding steroid dienone is 1. The van der Waals surface area contributed by atoms with Gasteiger partial charge in [0.1, 0.15) is 17.1 Å². The molecule has 2 aromatic heterocycles. The zero-order valence-electron chi connectivity index (χ0n) is 21.1. The molecule has 4 atom stereocenters. The lowest BCUT2D eigenvalue weighted by Gasteiger charge is -2.29. The van der Waals surface area contributed by atoms with Crippen LogP contribution in [0.3, 0.4) is 0 Å². The number of nitrogens with one attached hydrogen (secondary N) is 3. The lowest BCUT2D eigenvalue weighted by Crippen LogP contribution is -2.44. The largest absolute Gasteiger partial charge is 0.496 e. The highest BCUT2D eigenvalue weighted by Gasteiger charge is 2.48. The van der Waals surface area contributed by atoms with E-state index in [4.69, 9.17) is 31.2 Å². The molecule has 2 fully saturated rings. The fourth-order valence-corrected chi connectivity index (χ4v) is 6.13. The van der Waals surface area contributed by atoms with Gasteiger partial charge in [-0.05, 0) is 30.4 Å². The Kier molecular flexibility index (Phi) is 6.86. The summed E-state index contributed by atoms with van der Waals surface area (Å²) in [4.78, 5) is 27.8. The lowest BCUT2D eigenvalue weighted by molar-refractivity contribution is -0.126. The molecule has 2 aliphatic carbocycles. The van der Waals surface area contributed by atoms with Crippen LogP contribution in [0.4, 0.5) is 11.4 Å². The second-order valence-corrected chi connectivity index (χ2v) is 10.3. The smallest absolute Gasteiger partial charge is 0.225 e. The summed E-state index contributed by atoms with van der Waals surface area (Å²) in [6.45, 7) is 3.23. The number of carbonyl (C=O) groups is 1. The number of benzene rings is 1. The van der Waals surface area contributed by atoms with Crippen molar-refractivity contribution in [1.29, 1.82) is 0 Å². The number of ether oxygens (including phenoxy) is 2. The van der Waals surface area contributed by atoms with Gasteiger partial charge in [-0.25, -0.2) is 9.97 Å². The molecule has 2 bridgehead atoms. The summed E-state index contributed by atoms with van der Waals surface area (Å²) in [5.74, 6) is 1.36. The maximum absolute atomic E-state index is 13.0. The third-order valence-electron chi connectivity index (χ3n) is 7.77. The molecule has 1 saturated carbocycles. The first-order chi connectivity index (χ1) is 18.6. The molecule has 11 heteroatoms. The van der Waals surface area contributed by atoms with Gasteiger partial charge in [0.25, 0.3) is 0 Å². The number of fused-ring (bicyclic) bond motifs is 3. The van der Waals surface area contributed by atoms with Crippen LogP contribution < -0.4 is 20.3 Å². The standard InChI is InChI=1S/C27H31ClN6O4/c1-37-20-13-17(34-7-10-38-11-8-34)4-5-18(20)25-32-24-23(19(28)14-30-26(24)33-25)31-22-16-3-2-15(12-16)21(22)27(36)29-6-9-35/h2-5,13-16,21-22,35H,6-12H2,1H3,(H,29,36)(H2,30,31,32,33)/t15-,16+,21+,22-/m1/s1. The number of methoxy groups -OCH3 is 1. The van der Waals surface area contributed by atoms with E-state index in [0.717, 1.165) is 30.8 Å². The van der Waals surface area contributed by atoms with Gasteiger partial charge in [0.05, 0.1) is 55.3 Å². The second-order valence-electron chi connectivity index (χ2n) is 9.91. The van der Waals surface area contributed by atoms with Gasteiger partial charge in [-0.3, -0.25) is 4.79 Å². The average molecular weight is 539 g/mol. The topological polar surface area (TPSA) is 125 Å². The number of aliphatic hydroxyl groups excluding tert-OH is 1. The van der Waals surface area contributed by atoms with E-state index in [1.165, 1.54) is 0 Å². The van der Waals surface area contributed by atoms with E-state index in [0.29, 0.717) is 46.7 Å². The molecule has 6 rings (SSSR count). The molecule has 1 aliphatic heterocycles. The van der Waals surface area contributed by atoms with Crippen molar-refractivity contribution in [1.82, 2.24) is 20.3 Å². The summed E-state index contributed by atoms with van der Waals surface area (Å²) < 4.78 is 11.2. The number of hydrogen-bond acceptors (Lipinski definition) is 8. The second kappa shape index (κ2) is 10.4. The van der Waals surface area contributed by atoms with Crippen LogP contribution in [0.25, 0.3) is 22.6 Å². The molecule has 200 valence electrons. The Morgan fingerprint density at radius 3 is 2.89 bits per heavy atom. The molecular formula is C27H31ClN6O4. The van der Waals surface area contributed by atoms with Crippen molar-refractivity contribution in [3.05, 3.63) is 41.6 Å². The molecule has 1 saturated heterocycles. The van der Waals surface area contributed by atoms with E-state index in [-0.39, 0.29) is 42.9 Å². The molecule has 3 aromatic rings. The molecule has 3 heterocycles. The number of imidazole rings is 1. The molecule has 3 aliphatic rings. The van der Waals surface area contributed by atoms with E-state index in [1.807, 2.05) is 12.1 Å². The van der Waals surface area contributed by atoms with Crippen LogP contribution >= 0.6 is 11.6 Å². The van der Waals surface area contributed by atoms with Gasteiger partial charge < -0.3 is 35.1 Å². The van der Waals surface area contributed by atoms with Crippen molar-refractivity contribution in [3.63, 3.8) is 0 Å². The van der Waals surface area contributed by atoms with E-state index in [2.05, 4.69) is 43.7 Å². The summed E-state index contributed by atoms with van der Waals surface area (Å²) in [7, 11) is 1.65. The first-order valence-electron chi connectivity index (χ1n) is 13.0. The summed E-state index contributed by atoms with van der Waals surface area (Å²) in [6.07, 6.45) is 6.78. The van der Waals surface area contributed by atoms with Crippen LogP contribution in [-0.4, -0.2) is 78.6 Å². The zero-order valence-corrected chi connectivity index (χ0v) is 21.9. The number of hydrogen-bond donors (Lipinski definition) is 4. The normalized spacial score (nSPS) is 24.2. The van der Waals surface area contributed by atoms with Crippen molar-refractivity contribution in [2.75, 3.05) is 56.8 Å². The minimum Gasteiger partial charge on any atom is -0.496 e. The van der Waals surface area contributed by atoms with E-state index >= 15 is 0 Å². The number of aliphatic hydroxyl groups is 1. The van der Waals surface area contributed by atoms with Gasteiger partial charge in [0, 0.05) is 37.4 Å². The monoisotopic (exact) mass is 538 g/mol. The molecule has 38 heavy (non-hydrogen) atoms. The van der Waals surface area contributed by atoms with E-state index in [1.54, 1.807) is 13.3 Å². The van der Waals surface area contributed by atoms with Crippen LogP contribution in [-0.2, 0) is 9.53 Å². The fourth-order valence-electron chi connectivity index (χ4n) is 5.94. The zero-order chi connectivity index (χ0) is 26.2. The molecule has 0 unspecified atom stereocenters. The Morgan fingerprint density at radius 2 is 2.11 bits per heavy atom. The van der Waals surface area contributed by atoms with Crippen LogP contribution in [0.2, 0.25) is 5.02 Å². The lowest BCUT2D eigenvalue weighted by atomic mass is 9.87. The van der Waals surface area contributed by atoms with Crippen LogP contribution in [0.1, 0.15) is 6.42 Å². The number of morpholine rings is 1. The van der Waals surface area contributed by atoms with E-state index < -0.39 is 0 Å².